The van der Waals surface area contributed by atoms with Crippen molar-refractivity contribution >= 4 is 10.9 Å². The summed E-state index contributed by atoms with van der Waals surface area (Å²) in [6.07, 6.45) is 0. The van der Waals surface area contributed by atoms with Crippen molar-refractivity contribution in [2.45, 2.75) is 12.5 Å². The van der Waals surface area contributed by atoms with Crippen molar-refractivity contribution in [3.63, 3.8) is 0 Å². The number of hydrogen-bond acceptors (Lipinski definition) is 2. The fraction of sp³-hybridized carbons (Fsp3) is 0.222. The number of methoxy groups -OCH3 is 1. The Hall–Kier alpha value is -2.26. The van der Waals surface area contributed by atoms with Crippen LogP contribution in [0.5, 0.6) is 5.75 Å². The van der Waals surface area contributed by atoms with Crippen LogP contribution >= 0.6 is 0 Å². The summed E-state index contributed by atoms with van der Waals surface area (Å²) >= 11 is 0. The monoisotopic (exact) mass is 278 g/mol. The summed E-state index contributed by atoms with van der Waals surface area (Å²) in [5.41, 5.74) is 5.30. The maximum atomic E-state index is 5.26. The van der Waals surface area contributed by atoms with Crippen LogP contribution in [0.3, 0.4) is 0 Å². The SMILES string of the molecule is COc1ccc(C2CNCc3[nH]c4ccccc4c32)cc1. The molecule has 0 aliphatic carbocycles. The predicted molar refractivity (Wildman–Crippen MR) is 84.8 cm³/mol. The topological polar surface area (TPSA) is 37.0 Å². The van der Waals surface area contributed by atoms with Gasteiger partial charge < -0.3 is 15.0 Å². The van der Waals surface area contributed by atoms with Crippen molar-refractivity contribution in [3.8, 4) is 5.75 Å². The Morgan fingerprint density at radius 2 is 1.86 bits per heavy atom. The van der Waals surface area contributed by atoms with Crippen LogP contribution in [0.15, 0.2) is 48.5 Å². The predicted octanol–water partition coefficient (Wildman–Crippen LogP) is 3.41. The van der Waals surface area contributed by atoms with E-state index in [0.29, 0.717) is 5.92 Å². The maximum Gasteiger partial charge on any atom is 0.118 e. The van der Waals surface area contributed by atoms with E-state index in [1.807, 2.05) is 12.1 Å². The fourth-order valence-corrected chi connectivity index (χ4v) is 3.32. The summed E-state index contributed by atoms with van der Waals surface area (Å²) < 4.78 is 5.26. The molecule has 4 rings (SSSR count). The van der Waals surface area contributed by atoms with Crippen molar-refractivity contribution in [1.82, 2.24) is 10.3 Å². The lowest BCUT2D eigenvalue weighted by atomic mass is 9.87. The van der Waals surface area contributed by atoms with Gasteiger partial charge in [-0.25, -0.2) is 0 Å². The van der Waals surface area contributed by atoms with Gasteiger partial charge in [-0.15, -0.1) is 0 Å². The number of ether oxygens (including phenoxy) is 1. The number of nitrogens with one attached hydrogen (secondary N) is 2. The van der Waals surface area contributed by atoms with Gasteiger partial charge >= 0.3 is 0 Å². The first-order valence-electron chi connectivity index (χ1n) is 7.31. The average molecular weight is 278 g/mol. The quantitative estimate of drug-likeness (QED) is 0.753. The minimum atomic E-state index is 0.385. The molecule has 0 spiro atoms. The van der Waals surface area contributed by atoms with Gasteiger partial charge in [-0.3, -0.25) is 0 Å². The highest BCUT2D eigenvalue weighted by atomic mass is 16.5. The summed E-state index contributed by atoms with van der Waals surface area (Å²) in [5.74, 6) is 1.29. The van der Waals surface area contributed by atoms with E-state index in [9.17, 15) is 0 Å². The first-order chi connectivity index (χ1) is 10.4. The van der Waals surface area contributed by atoms with E-state index in [-0.39, 0.29) is 0 Å². The summed E-state index contributed by atoms with van der Waals surface area (Å²) in [6.45, 7) is 1.89. The second-order valence-electron chi connectivity index (χ2n) is 5.52. The molecule has 1 aliphatic rings. The molecular weight excluding hydrogens is 260 g/mol. The molecule has 0 saturated heterocycles. The molecule has 0 radical (unpaired) electrons. The third-order valence-electron chi connectivity index (χ3n) is 4.34. The first kappa shape index (κ1) is 12.5. The van der Waals surface area contributed by atoms with Crippen LogP contribution < -0.4 is 10.1 Å². The molecule has 1 aromatic heterocycles. The zero-order valence-corrected chi connectivity index (χ0v) is 12.0. The minimum absolute atomic E-state index is 0.385. The standard InChI is InChI=1S/C18H18N2O/c1-21-13-8-6-12(7-9-13)15-10-19-11-17-18(15)14-4-2-3-5-16(14)20-17/h2-9,15,19-20H,10-11H2,1H3. The Balaban J connectivity index is 1.85. The van der Waals surface area contributed by atoms with Crippen molar-refractivity contribution in [2.24, 2.45) is 0 Å². The molecule has 0 amide bonds. The van der Waals surface area contributed by atoms with Crippen LogP contribution in [0.25, 0.3) is 10.9 Å². The van der Waals surface area contributed by atoms with Crippen LogP contribution in [0.1, 0.15) is 22.7 Å². The molecule has 0 fully saturated rings. The molecule has 3 heteroatoms. The van der Waals surface area contributed by atoms with E-state index in [2.05, 4.69) is 46.7 Å². The van der Waals surface area contributed by atoms with E-state index >= 15 is 0 Å². The van der Waals surface area contributed by atoms with E-state index in [1.165, 1.54) is 27.7 Å². The van der Waals surface area contributed by atoms with Crippen molar-refractivity contribution in [2.75, 3.05) is 13.7 Å². The first-order valence-corrected chi connectivity index (χ1v) is 7.31. The smallest absolute Gasteiger partial charge is 0.118 e. The van der Waals surface area contributed by atoms with Gasteiger partial charge in [-0.1, -0.05) is 30.3 Å². The van der Waals surface area contributed by atoms with Gasteiger partial charge in [0.15, 0.2) is 0 Å². The highest BCUT2D eigenvalue weighted by molar-refractivity contribution is 5.86. The third kappa shape index (κ3) is 2.01. The molecule has 1 atom stereocenters. The number of hydrogen-bond donors (Lipinski definition) is 2. The van der Waals surface area contributed by atoms with Gasteiger partial charge in [-0.05, 0) is 29.3 Å². The summed E-state index contributed by atoms with van der Waals surface area (Å²) in [7, 11) is 1.70. The van der Waals surface area contributed by atoms with Gasteiger partial charge in [0.2, 0.25) is 0 Å². The minimum Gasteiger partial charge on any atom is -0.497 e. The summed E-state index contributed by atoms with van der Waals surface area (Å²) in [6, 6.07) is 17.0. The highest BCUT2D eigenvalue weighted by Crippen LogP contribution is 2.36. The van der Waals surface area contributed by atoms with Gasteiger partial charge in [0, 0.05) is 35.6 Å². The van der Waals surface area contributed by atoms with Crippen LogP contribution in [-0.2, 0) is 6.54 Å². The number of benzene rings is 2. The van der Waals surface area contributed by atoms with E-state index in [0.717, 1.165) is 18.8 Å². The fourth-order valence-electron chi connectivity index (χ4n) is 3.32. The van der Waals surface area contributed by atoms with Gasteiger partial charge in [-0.2, -0.15) is 0 Å². The lowest BCUT2D eigenvalue weighted by Crippen LogP contribution is -2.28. The third-order valence-corrected chi connectivity index (χ3v) is 4.34. The van der Waals surface area contributed by atoms with Crippen LogP contribution in [0.4, 0.5) is 0 Å². The zero-order valence-electron chi connectivity index (χ0n) is 12.0. The maximum absolute atomic E-state index is 5.26. The molecule has 0 bridgehead atoms. The molecular formula is C18H18N2O. The van der Waals surface area contributed by atoms with E-state index in [4.69, 9.17) is 4.74 Å². The molecule has 3 nitrogen and oxygen atoms in total. The van der Waals surface area contributed by atoms with E-state index < -0.39 is 0 Å². The van der Waals surface area contributed by atoms with Crippen LogP contribution in [-0.4, -0.2) is 18.6 Å². The Morgan fingerprint density at radius 3 is 2.67 bits per heavy atom. The molecule has 21 heavy (non-hydrogen) atoms. The summed E-state index contributed by atoms with van der Waals surface area (Å²) in [4.78, 5) is 3.55. The number of aromatic nitrogens is 1. The van der Waals surface area contributed by atoms with Crippen LogP contribution in [0, 0.1) is 0 Å². The molecule has 1 aliphatic heterocycles. The molecule has 2 heterocycles. The Bertz CT molecular complexity index is 774. The lowest BCUT2D eigenvalue weighted by molar-refractivity contribution is 0.414. The second kappa shape index (κ2) is 4.93. The Labute approximate surface area is 123 Å². The highest BCUT2D eigenvalue weighted by Gasteiger charge is 2.25. The van der Waals surface area contributed by atoms with Gasteiger partial charge in [0.25, 0.3) is 0 Å². The average Bonchev–Trinajstić information content (AvgIpc) is 2.93. The molecule has 2 aromatic carbocycles. The van der Waals surface area contributed by atoms with Crippen molar-refractivity contribution < 1.29 is 4.74 Å². The molecule has 2 N–H and O–H groups in total. The molecule has 1 unspecified atom stereocenters. The van der Waals surface area contributed by atoms with Crippen molar-refractivity contribution in [1.29, 1.82) is 0 Å². The Morgan fingerprint density at radius 1 is 1.05 bits per heavy atom. The Kier molecular flexibility index (Phi) is 2.93. The number of H-pyrrole nitrogens is 1. The normalized spacial score (nSPS) is 17.7. The number of fused-ring (bicyclic) bond motifs is 3. The van der Waals surface area contributed by atoms with Crippen molar-refractivity contribution in [3.05, 3.63) is 65.4 Å². The number of aromatic amines is 1. The van der Waals surface area contributed by atoms with E-state index in [1.54, 1.807) is 7.11 Å². The second-order valence-corrected chi connectivity index (χ2v) is 5.52. The van der Waals surface area contributed by atoms with Crippen LogP contribution in [0.2, 0.25) is 0 Å². The molecule has 106 valence electrons. The lowest BCUT2D eigenvalue weighted by Gasteiger charge is -2.24. The zero-order chi connectivity index (χ0) is 14.2. The molecule has 3 aromatic rings. The van der Waals surface area contributed by atoms with Gasteiger partial charge in [0.1, 0.15) is 5.75 Å². The van der Waals surface area contributed by atoms with Gasteiger partial charge in [0.05, 0.1) is 7.11 Å². The largest absolute Gasteiger partial charge is 0.497 e. The molecule has 0 saturated carbocycles. The number of para-hydroxylation sites is 1. The summed E-state index contributed by atoms with van der Waals surface area (Å²) in [5, 5.41) is 4.86. The number of rotatable bonds is 2.